The first-order chi connectivity index (χ1) is 10.0. The molecular formula is C16H17ClN2O2. The Morgan fingerprint density at radius 2 is 1.95 bits per heavy atom. The van der Waals surface area contributed by atoms with Gasteiger partial charge in [-0.2, -0.15) is 0 Å². The van der Waals surface area contributed by atoms with Crippen molar-refractivity contribution in [2.24, 2.45) is 0 Å². The van der Waals surface area contributed by atoms with E-state index in [2.05, 4.69) is 0 Å². The Morgan fingerprint density at radius 3 is 2.62 bits per heavy atom. The van der Waals surface area contributed by atoms with Crippen LogP contribution in [0.3, 0.4) is 0 Å². The molecule has 2 aromatic carbocycles. The molecule has 5 heteroatoms. The van der Waals surface area contributed by atoms with E-state index in [9.17, 15) is 4.79 Å². The van der Waals surface area contributed by atoms with Gasteiger partial charge in [-0.1, -0.05) is 29.8 Å². The highest BCUT2D eigenvalue weighted by Gasteiger charge is 2.10. The molecule has 0 aromatic heterocycles. The molecule has 21 heavy (non-hydrogen) atoms. The van der Waals surface area contributed by atoms with Gasteiger partial charge < -0.3 is 15.4 Å². The molecule has 0 heterocycles. The lowest BCUT2D eigenvalue weighted by Crippen LogP contribution is -2.30. The molecule has 1 amide bonds. The number of hydrogen-bond donors (Lipinski definition) is 1. The molecule has 0 aliphatic rings. The largest absolute Gasteiger partial charge is 0.484 e. The van der Waals surface area contributed by atoms with Gasteiger partial charge in [-0.15, -0.1) is 0 Å². The average molecular weight is 305 g/mol. The summed E-state index contributed by atoms with van der Waals surface area (Å²) in [7, 11) is 1.74. The van der Waals surface area contributed by atoms with E-state index in [-0.39, 0.29) is 12.5 Å². The molecule has 4 nitrogen and oxygen atoms in total. The minimum Gasteiger partial charge on any atom is -0.484 e. The van der Waals surface area contributed by atoms with Crippen LogP contribution in [-0.2, 0) is 11.3 Å². The van der Waals surface area contributed by atoms with Crippen LogP contribution in [0.5, 0.6) is 5.75 Å². The molecule has 0 fully saturated rings. The van der Waals surface area contributed by atoms with Crippen LogP contribution in [0.25, 0.3) is 0 Å². The Balaban J connectivity index is 1.86. The second kappa shape index (κ2) is 6.99. The SMILES string of the molecule is CN(Cc1ccc(N)cc1)C(=O)COc1cccc(Cl)c1. The lowest BCUT2D eigenvalue weighted by atomic mass is 10.2. The van der Waals surface area contributed by atoms with E-state index >= 15 is 0 Å². The van der Waals surface area contributed by atoms with Gasteiger partial charge >= 0.3 is 0 Å². The minimum absolute atomic E-state index is 0.0220. The van der Waals surface area contributed by atoms with Crippen molar-refractivity contribution in [2.75, 3.05) is 19.4 Å². The molecule has 0 spiro atoms. The maximum Gasteiger partial charge on any atom is 0.260 e. The lowest BCUT2D eigenvalue weighted by Gasteiger charge is -2.17. The quantitative estimate of drug-likeness (QED) is 0.864. The highest BCUT2D eigenvalue weighted by molar-refractivity contribution is 6.30. The number of benzene rings is 2. The standard InChI is InChI=1S/C16H17ClN2O2/c1-19(10-12-5-7-14(18)8-6-12)16(20)11-21-15-4-2-3-13(17)9-15/h2-9H,10-11,18H2,1H3. The minimum atomic E-state index is -0.105. The fourth-order valence-electron chi connectivity index (χ4n) is 1.80. The van der Waals surface area contributed by atoms with Crippen molar-refractivity contribution in [1.29, 1.82) is 0 Å². The number of ether oxygens (including phenoxy) is 1. The van der Waals surface area contributed by atoms with E-state index in [0.29, 0.717) is 23.0 Å². The summed E-state index contributed by atoms with van der Waals surface area (Å²) in [4.78, 5) is 13.6. The number of hydrogen-bond acceptors (Lipinski definition) is 3. The van der Waals surface area contributed by atoms with Crippen molar-refractivity contribution in [2.45, 2.75) is 6.54 Å². The van der Waals surface area contributed by atoms with Crippen LogP contribution in [0.2, 0.25) is 5.02 Å². The smallest absolute Gasteiger partial charge is 0.260 e. The van der Waals surface area contributed by atoms with E-state index in [1.807, 2.05) is 24.3 Å². The van der Waals surface area contributed by atoms with E-state index in [1.165, 1.54) is 0 Å². The number of nitrogens with zero attached hydrogens (tertiary/aromatic N) is 1. The van der Waals surface area contributed by atoms with Gasteiger partial charge in [0.2, 0.25) is 0 Å². The van der Waals surface area contributed by atoms with Crippen molar-refractivity contribution >= 4 is 23.2 Å². The highest BCUT2D eigenvalue weighted by atomic mass is 35.5. The second-order valence-corrected chi connectivity index (χ2v) is 5.17. The second-order valence-electron chi connectivity index (χ2n) is 4.74. The Labute approximate surface area is 129 Å². The number of rotatable bonds is 5. The maximum absolute atomic E-state index is 12.0. The molecule has 0 unspecified atom stereocenters. The molecule has 110 valence electrons. The molecule has 0 aliphatic carbocycles. The normalized spacial score (nSPS) is 10.2. The van der Waals surface area contributed by atoms with Crippen molar-refractivity contribution in [1.82, 2.24) is 4.90 Å². The summed E-state index contributed by atoms with van der Waals surface area (Å²) >= 11 is 5.86. The van der Waals surface area contributed by atoms with Crippen LogP contribution in [0, 0.1) is 0 Å². The number of nitrogen functional groups attached to an aromatic ring is 1. The number of likely N-dealkylation sites (N-methyl/N-ethyl adjacent to an activating group) is 1. The first-order valence-electron chi connectivity index (χ1n) is 6.51. The van der Waals surface area contributed by atoms with Crippen molar-refractivity contribution in [3.05, 3.63) is 59.1 Å². The predicted octanol–water partition coefficient (Wildman–Crippen LogP) is 2.96. The first kappa shape index (κ1) is 15.2. The molecule has 2 aromatic rings. The fourth-order valence-corrected chi connectivity index (χ4v) is 1.98. The van der Waals surface area contributed by atoms with Gasteiger partial charge in [0.15, 0.2) is 6.61 Å². The monoisotopic (exact) mass is 304 g/mol. The van der Waals surface area contributed by atoms with Crippen LogP contribution in [0.4, 0.5) is 5.69 Å². The summed E-state index contributed by atoms with van der Waals surface area (Å²) in [5.41, 5.74) is 7.35. The zero-order valence-corrected chi connectivity index (χ0v) is 12.5. The Morgan fingerprint density at radius 1 is 1.24 bits per heavy atom. The molecule has 0 atom stereocenters. The van der Waals surface area contributed by atoms with Gasteiger partial charge in [-0.3, -0.25) is 4.79 Å². The number of anilines is 1. The average Bonchev–Trinajstić information content (AvgIpc) is 2.47. The predicted molar refractivity (Wildman–Crippen MR) is 84.3 cm³/mol. The van der Waals surface area contributed by atoms with Crippen LogP contribution in [-0.4, -0.2) is 24.5 Å². The lowest BCUT2D eigenvalue weighted by molar-refractivity contribution is -0.132. The van der Waals surface area contributed by atoms with E-state index < -0.39 is 0 Å². The van der Waals surface area contributed by atoms with Gasteiger partial charge in [-0.05, 0) is 35.9 Å². The molecule has 2 N–H and O–H groups in total. The summed E-state index contributed by atoms with van der Waals surface area (Å²) in [5.74, 6) is 0.475. The van der Waals surface area contributed by atoms with Crippen LogP contribution in [0.15, 0.2) is 48.5 Å². The first-order valence-corrected chi connectivity index (χ1v) is 6.89. The third-order valence-corrected chi connectivity index (χ3v) is 3.22. The number of carbonyl (C=O) groups is 1. The van der Waals surface area contributed by atoms with Gasteiger partial charge in [0.1, 0.15) is 5.75 Å². The zero-order valence-electron chi connectivity index (χ0n) is 11.8. The Bertz CT molecular complexity index is 614. The van der Waals surface area contributed by atoms with Crippen molar-refractivity contribution < 1.29 is 9.53 Å². The maximum atomic E-state index is 12.0. The third-order valence-electron chi connectivity index (χ3n) is 2.98. The number of carbonyl (C=O) groups excluding carboxylic acids is 1. The number of amides is 1. The Hall–Kier alpha value is -2.20. The highest BCUT2D eigenvalue weighted by Crippen LogP contribution is 2.17. The van der Waals surface area contributed by atoms with Gasteiger partial charge in [0.05, 0.1) is 0 Å². The van der Waals surface area contributed by atoms with Gasteiger partial charge in [0.25, 0.3) is 5.91 Å². The fraction of sp³-hybridized carbons (Fsp3) is 0.188. The molecule has 2 rings (SSSR count). The molecule has 0 saturated carbocycles. The van der Waals surface area contributed by atoms with E-state index in [1.54, 1.807) is 36.2 Å². The summed E-state index contributed by atoms with van der Waals surface area (Å²) in [6.45, 7) is 0.490. The van der Waals surface area contributed by atoms with Gasteiger partial charge in [0, 0.05) is 24.3 Å². The topological polar surface area (TPSA) is 55.6 Å². The van der Waals surface area contributed by atoms with E-state index in [0.717, 1.165) is 5.56 Å². The summed E-state index contributed by atoms with van der Waals surface area (Å²) in [6.07, 6.45) is 0. The molecule has 0 radical (unpaired) electrons. The molecule has 0 aliphatic heterocycles. The zero-order chi connectivity index (χ0) is 15.2. The molecular weight excluding hydrogens is 288 g/mol. The van der Waals surface area contributed by atoms with Crippen LogP contribution >= 0.6 is 11.6 Å². The summed E-state index contributed by atoms with van der Waals surface area (Å²) in [6, 6.07) is 14.4. The third kappa shape index (κ3) is 4.68. The van der Waals surface area contributed by atoms with Crippen molar-refractivity contribution in [3.63, 3.8) is 0 Å². The van der Waals surface area contributed by atoms with Crippen molar-refractivity contribution in [3.8, 4) is 5.75 Å². The Kier molecular flexibility index (Phi) is 5.06. The molecule has 0 saturated heterocycles. The van der Waals surface area contributed by atoms with Gasteiger partial charge in [-0.25, -0.2) is 0 Å². The summed E-state index contributed by atoms with van der Waals surface area (Å²) in [5, 5.41) is 0.579. The molecule has 0 bridgehead atoms. The van der Waals surface area contributed by atoms with E-state index in [4.69, 9.17) is 22.1 Å². The summed E-state index contributed by atoms with van der Waals surface area (Å²) < 4.78 is 5.43. The number of halogens is 1. The number of nitrogens with two attached hydrogens (primary N) is 1. The van der Waals surface area contributed by atoms with Crippen LogP contribution < -0.4 is 10.5 Å². The van der Waals surface area contributed by atoms with Crippen LogP contribution in [0.1, 0.15) is 5.56 Å².